The van der Waals surface area contributed by atoms with Crippen molar-refractivity contribution in [2.24, 2.45) is 5.41 Å². The zero-order valence-electron chi connectivity index (χ0n) is 8.23. The second-order valence-corrected chi connectivity index (χ2v) is 4.47. The van der Waals surface area contributed by atoms with Crippen molar-refractivity contribution < 1.29 is 14.7 Å². The van der Waals surface area contributed by atoms with Gasteiger partial charge >= 0.3 is 0 Å². The molecule has 2 unspecified atom stereocenters. The molecule has 2 aliphatic rings. The van der Waals surface area contributed by atoms with E-state index < -0.39 is 6.10 Å². The molecule has 0 bridgehead atoms. The molecular weight excluding hydrogens is 182 g/mol. The number of imide groups is 1. The molecule has 0 aromatic heterocycles. The van der Waals surface area contributed by atoms with Gasteiger partial charge in [0.2, 0.25) is 0 Å². The van der Waals surface area contributed by atoms with Crippen LogP contribution in [-0.2, 0) is 9.59 Å². The molecule has 1 saturated carbocycles. The number of rotatable bonds is 1. The highest BCUT2D eigenvalue weighted by molar-refractivity contribution is 6.13. The van der Waals surface area contributed by atoms with Crippen molar-refractivity contribution in [1.29, 1.82) is 0 Å². The molecule has 0 radical (unpaired) electrons. The fraction of sp³-hybridized carbons (Fsp3) is 0.600. The van der Waals surface area contributed by atoms with E-state index >= 15 is 0 Å². The lowest BCUT2D eigenvalue weighted by molar-refractivity contribution is -0.160. The highest BCUT2D eigenvalue weighted by Crippen LogP contribution is 2.44. The van der Waals surface area contributed by atoms with E-state index in [1.807, 2.05) is 13.8 Å². The number of aliphatic hydroxyl groups excluding tert-OH is 1. The third-order valence-corrected chi connectivity index (χ3v) is 3.32. The van der Waals surface area contributed by atoms with E-state index in [1.165, 1.54) is 17.1 Å². The zero-order valence-corrected chi connectivity index (χ0v) is 8.23. The minimum Gasteiger partial charge on any atom is -0.392 e. The van der Waals surface area contributed by atoms with Crippen LogP contribution in [0.3, 0.4) is 0 Å². The Labute approximate surface area is 82.2 Å². The number of hydrogen-bond acceptors (Lipinski definition) is 3. The maximum Gasteiger partial charge on any atom is 0.253 e. The molecule has 1 aliphatic carbocycles. The van der Waals surface area contributed by atoms with Gasteiger partial charge in [-0.05, 0) is 6.42 Å². The molecule has 1 heterocycles. The summed E-state index contributed by atoms with van der Waals surface area (Å²) in [5.41, 5.74) is -0.378. The first-order valence-electron chi connectivity index (χ1n) is 4.68. The summed E-state index contributed by atoms with van der Waals surface area (Å²) in [4.78, 5) is 23.9. The SMILES string of the molecule is CC1(C)C(O)CC1N1C(=O)C=CC1=O. The van der Waals surface area contributed by atoms with Gasteiger partial charge in [0, 0.05) is 17.6 Å². The lowest BCUT2D eigenvalue weighted by Gasteiger charge is -2.52. The van der Waals surface area contributed by atoms with E-state index in [4.69, 9.17) is 0 Å². The van der Waals surface area contributed by atoms with Gasteiger partial charge in [-0.25, -0.2) is 0 Å². The predicted molar refractivity (Wildman–Crippen MR) is 49.2 cm³/mol. The van der Waals surface area contributed by atoms with E-state index in [0.717, 1.165) is 0 Å². The first-order valence-corrected chi connectivity index (χ1v) is 4.68. The quantitative estimate of drug-likeness (QED) is 0.602. The average Bonchev–Trinajstić information content (AvgIpc) is 2.43. The lowest BCUT2D eigenvalue weighted by Crippen LogP contribution is -2.62. The zero-order chi connectivity index (χ0) is 10.5. The van der Waals surface area contributed by atoms with E-state index in [9.17, 15) is 14.7 Å². The highest BCUT2D eigenvalue weighted by Gasteiger charge is 2.53. The third kappa shape index (κ3) is 1.04. The Kier molecular flexibility index (Phi) is 1.79. The van der Waals surface area contributed by atoms with Crippen molar-refractivity contribution >= 4 is 11.8 Å². The molecule has 76 valence electrons. The highest BCUT2D eigenvalue weighted by atomic mass is 16.3. The van der Waals surface area contributed by atoms with E-state index in [0.29, 0.717) is 6.42 Å². The Morgan fingerprint density at radius 3 is 2.21 bits per heavy atom. The molecule has 2 atom stereocenters. The molecule has 14 heavy (non-hydrogen) atoms. The average molecular weight is 195 g/mol. The smallest absolute Gasteiger partial charge is 0.253 e. The summed E-state index contributed by atoms with van der Waals surface area (Å²) < 4.78 is 0. The van der Waals surface area contributed by atoms with E-state index in [1.54, 1.807) is 0 Å². The van der Waals surface area contributed by atoms with Crippen molar-refractivity contribution in [2.75, 3.05) is 0 Å². The molecule has 4 heteroatoms. The number of nitrogens with zero attached hydrogens (tertiary/aromatic N) is 1. The second-order valence-electron chi connectivity index (χ2n) is 4.47. The van der Waals surface area contributed by atoms with Crippen molar-refractivity contribution in [3.05, 3.63) is 12.2 Å². The fourth-order valence-corrected chi connectivity index (χ4v) is 2.04. The van der Waals surface area contributed by atoms with E-state index in [-0.39, 0.29) is 23.3 Å². The Balaban J connectivity index is 2.19. The van der Waals surface area contributed by atoms with Crippen LogP contribution in [0.25, 0.3) is 0 Å². The van der Waals surface area contributed by atoms with Crippen molar-refractivity contribution in [1.82, 2.24) is 4.90 Å². The van der Waals surface area contributed by atoms with Crippen LogP contribution in [-0.4, -0.2) is 34.0 Å². The second kappa shape index (κ2) is 2.67. The molecular formula is C10H13NO3. The number of carbonyl (C=O) groups is 2. The van der Waals surface area contributed by atoms with Gasteiger partial charge in [0.15, 0.2) is 0 Å². The molecule has 0 saturated heterocycles. The Morgan fingerprint density at radius 2 is 1.86 bits per heavy atom. The van der Waals surface area contributed by atoms with Crippen molar-refractivity contribution in [3.8, 4) is 0 Å². The summed E-state index contributed by atoms with van der Waals surface area (Å²) in [7, 11) is 0. The topological polar surface area (TPSA) is 57.6 Å². The van der Waals surface area contributed by atoms with Gasteiger partial charge in [0.1, 0.15) is 0 Å². The Morgan fingerprint density at radius 1 is 1.36 bits per heavy atom. The van der Waals surface area contributed by atoms with Crippen LogP contribution >= 0.6 is 0 Å². The van der Waals surface area contributed by atoms with Crippen LogP contribution in [0.4, 0.5) is 0 Å². The van der Waals surface area contributed by atoms with Gasteiger partial charge in [0.25, 0.3) is 11.8 Å². The molecule has 1 N–H and O–H groups in total. The van der Waals surface area contributed by atoms with Crippen LogP contribution in [0.15, 0.2) is 12.2 Å². The normalized spacial score (nSPS) is 34.9. The van der Waals surface area contributed by atoms with Crippen LogP contribution in [0, 0.1) is 5.41 Å². The molecule has 1 aliphatic heterocycles. The molecule has 4 nitrogen and oxygen atoms in total. The monoisotopic (exact) mass is 195 g/mol. The van der Waals surface area contributed by atoms with Gasteiger partial charge < -0.3 is 5.11 Å². The van der Waals surface area contributed by atoms with Gasteiger partial charge in [-0.3, -0.25) is 14.5 Å². The lowest BCUT2D eigenvalue weighted by atomic mass is 9.64. The van der Waals surface area contributed by atoms with E-state index in [2.05, 4.69) is 0 Å². The summed E-state index contributed by atoms with van der Waals surface area (Å²) in [6.07, 6.45) is 2.63. The van der Waals surface area contributed by atoms with Crippen LogP contribution in [0.2, 0.25) is 0 Å². The first kappa shape index (κ1) is 9.40. The third-order valence-electron chi connectivity index (χ3n) is 3.32. The summed E-state index contributed by atoms with van der Waals surface area (Å²) in [5.74, 6) is -0.528. The molecule has 0 aromatic carbocycles. The molecule has 2 rings (SSSR count). The maximum atomic E-state index is 11.4. The number of carbonyl (C=O) groups excluding carboxylic acids is 2. The van der Waals surface area contributed by atoms with Gasteiger partial charge in [0.05, 0.1) is 12.1 Å². The minimum absolute atomic E-state index is 0.160. The number of aliphatic hydroxyl groups is 1. The number of hydrogen-bond donors (Lipinski definition) is 1. The van der Waals surface area contributed by atoms with Crippen LogP contribution in [0.1, 0.15) is 20.3 Å². The molecule has 2 amide bonds. The largest absolute Gasteiger partial charge is 0.392 e. The maximum absolute atomic E-state index is 11.4. The molecule has 0 spiro atoms. The molecule has 1 fully saturated rings. The summed E-state index contributed by atoms with van der Waals surface area (Å²) in [5, 5.41) is 9.51. The number of amides is 2. The minimum atomic E-state index is -0.423. The van der Waals surface area contributed by atoms with Crippen molar-refractivity contribution in [2.45, 2.75) is 32.4 Å². The van der Waals surface area contributed by atoms with Gasteiger partial charge in [-0.15, -0.1) is 0 Å². The van der Waals surface area contributed by atoms with Gasteiger partial charge in [-0.2, -0.15) is 0 Å². The predicted octanol–water partition coefficient (Wildman–Crippen LogP) is 0.0708. The molecule has 0 aromatic rings. The summed E-state index contributed by atoms with van der Waals surface area (Å²) >= 11 is 0. The Hall–Kier alpha value is -1.16. The van der Waals surface area contributed by atoms with Gasteiger partial charge in [-0.1, -0.05) is 13.8 Å². The summed E-state index contributed by atoms with van der Waals surface area (Å²) in [6.45, 7) is 3.73. The fourth-order valence-electron chi connectivity index (χ4n) is 2.04. The standard InChI is InChI=1S/C10H13NO3/c1-10(2)6(5-7(10)12)11-8(13)3-4-9(11)14/h3-4,6-7,12H,5H2,1-2H3. The van der Waals surface area contributed by atoms with Crippen LogP contribution < -0.4 is 0 Å². The summed E-state index contributed by atoms with van der Waals surface area (Å²) in [6, 6.07) is -0.160. The van der Waals surface area contributed by atoms with Crippen molar-refractivity contribution in [3.63, 3.8) is 0 Å². The first-order chi connectivity index (χ1) is 6.44. The Bertz CT molecular complexity index is 314. The van der Waals surface area contributed by atoms with Crippen LogP contribution in [0.5, 0.6) is 0 Å².